The summed E-state index contributed by atoms with van der Waals surface area (Å²) in [7, 11) is 0. The van der Waals surface area contributed by atoms with Crippen LogP contribution in [0.3, 0.4) is 0 Å². The smallest absolute Gasteiger partial charge is 0.313 e. The van der Waals surface area contributed by atoms with Crippen molar-refractivity contribution >= 4 is 23.7 Å². The van der Waals surface area contributed by atoms with Gasteiger partial charge in [-0.2, -0.15) is 0 Å². The number of unbranched alkanes of at least 4 members (excludes halogenated alkanes) is 3. The van der Waals surface area contributed by atoms with Crippen LogP contribution < -0.4 is 5.32 Å². The number of ether oxygens (including phenoxy) is 2. The quantitative estimate of drug-likeness (QED) is 0.256. The number of allylic oxidation sites excluding steroid dienone is 1. The summed E-state index contributed by atoms with van der Waals surface area (Å²) in [5, 5.41) is 12.2. The van der Waals surface area contributed by atoms with Gasteiger partial charge in [0.2, 0.25) is 17.7 Å². The van der Waals surface area contributed by atoms with Crippen molar-refractivity contribution in [2.24, 2.45) is 11.8 Å². The third-order valence-corrected chi connectivity index (χ3v) is 8.98. The SMILES string of the molecule is CCCCN1C/C=C\CCC(=O)NC[C@@H](c2ccccc2)OC(=O)[C@@H]2[C@@H]3C=C[C@]4(O3)[C@H](C1=O)N(CCCCCO)C(=O)[C@@H]24. The minimum Gasteiger partial charge on any atom is -0.455 e. The van der Waals surface area contributed by atoms with Crippen LogP contribution in [0.4, 0.5) is 0 Å². The normalized spacial score (nSPS) is 31.7. The van der Waals surface area contributed by atoms with Crippen molar-refractivity contribution in [3.63, 3.8) is 0 Å². The number of fused-ring (bicyclic) bond motifs is 2. The summed E-state index contributed by atoms with van der Waals surface area (Å²) in [4.78, 5) is 58.6. The number of esters is 1. The third-order valence-electron chi connectivity index (χ3n) is 8.98. The molecule has 2 saturated heterocycles. The first-order valence-electron chi connectivity index (χ1n) is 15.7. The number of aliphatic hydroxyl groups excluding tert-OH is 1. The molecule has 0 unspecified atom stereocenters. The lowest BCUT2D eigenvalue weighted by Crippen LogP contribution is -2.56. The first-order valence-corrected chi connectivity index (χ1v) is 15.7. The average Bonchev–Trinajstić information content (AvgIpc) is 3.65. The molecule has 4 aliphatic rings. The van der Waals surface area contributed by atoms with E-state index in [9.17, 15) is 24.3 Å². The zero-order chi connectivity index (χ0) is 30.4. The van der Waals surface area contributed by atoms with Crippen LogP contribution in [0.2, 0.25) is 0 Å². The van der Waals surface area contributed by atoms with E-state index in [0.29, 0.717) is 45.3 Å². The summed E-state index contributed by atoms with van der Waals surface area (Å²) in [6.45, 7) is 3.40. The van der Waals surface area contributed by atoms with E-state index in [1.807, 2.05) is 48.6 Å². The molecule has 10 nitrogen and oxygen atoms in total. The molecule has 0 aromatic heterocycles. The van der Waals surface area contributed by atoms with Crippen molar-refractivity contribution in [2.75, 3.05) is 32.8 Å². The maximum atomic E-state index is 14.4. The number of hydrogen-bond donors (Lipinski definition) is 2. The van der Waals surface area contributed by atoms with Crippen LogP contribution in [0.25, 0.3) is 0 Å². The number of cyclic esters (lactones) is 1. The fourth-order valence-corrected chi connectivity index (χ4v) is 6.78. The number of carbonyl (C=O) groups is 4. The Morgan fingerprint density at radius 3 is 2.58 bits per heavy atom. The highest BCUT2D eigenvalue weighted by Crippen LogP contribution is 2.55. The summed E-state index contributed by atoms with van der Waals surface area (Å²) >= 11 is 0. The summed E-state index contributed by atoms with van der Waals surface area (Å²) in [6, 6.07) is 8.30. The second-order valence-electron chi connectivity index (χ2n) is 11.8. The van der Waals surface area contributed by atoms with Gasteiger partial charge in [-0.15, -0.1) is 0 Å². The summed E-state index contributed by atoms with van der Waals surface area (Å²) < 4.78 is 12.5. The Morgan fingerprint density at radius 2 is 1.81 bits per heavy atom. The highest BCUT2D eigenvalue weighted by molar-refractivity contribution is 5.99. The molecule has 0 aliphatic carbocycles. The number of nitrogens with zero attached hydrogens (tertiary/aromatic N) is 2. The summed E-state index contributed by atoms with van der Waals surface area (Å²) in [5.41, 5.74) is -0.538. The number of aliphatic hydroxyl groups is 1. The highest BCUT2D eigenvalue weighted by atomic mass is 16.6. The molecule has 232 valence electrons. The van der Waals surface area contributed by atoms with Crippen LogP contribution in [-0.4, -0.2) is 89.1 Å². The van der Waals surface area contributed by atoms with Crippen LogP contribution in [0.15, 0.2) is 54.6 Å². The van der Waals surface area contributed by atoms with Crippen LogP contribution in [0.1, 0.15) is 63.5 Å². The fourth-order valence-electron chi connectivity index (χ4n) is 6.78. The predicted molar refractivity (Wildman–Crippen MR) is 158 cm³/mol. The molecule has 2 N–H and O–H groups in total. The van der Waals surface area contributed by atoms with Gasteiger partial charge < -0.3 is 29.7 Å². The zero-order valence-electron chi connectivity index (χ0n) is 24.9. The maximum Gasteiger partial charge on any atom is 0.313 e. The van der Waals surface area contributed by atoms with E-state index >= 15 is 0 Å². The molecule has 6 atom stereocenters. The van der Waals surface area contributed by atoms with Crippen molar-refractivity contribution in [3.8, 4) is 0 Å². The molecule has 1 aromatic carbocycles. The summed E-state index contributed by atoms with van der Waals surface area (Å²) in [6.07, 6.45) is 10.3. The molecule has 10 heteroatoms. The van der Waals surface area contributed by atoms with E-state index in [0.717, 1.165) is 18.4 Å². The Morgan fingerprint density at radius 1 is 1.00 bits per heavy atom. The van der Waals surface area contributed by atoms with E-state index in [4.69, 9.17) is 9.47 Å². The van der Waals surface area contributed by atoms with E-state index in [1.54, 1.807) is 15.9 Å². The Bertz CT molecular complexity index is 1230. The van der Waals surface area contributed by atoms with Gasteiger partial charge >= 0.3 is 5.97 Å². The van der Waals surface area contributed by atoms with Gasteiger partial charge in [-0.05, 0) is 37.7 Å². The number of carbonyl (C=O) groups excluding carboxylic acids is 4. The standard InChI is InChI=1S/C33H43N3O7/c1-2-3-18-35-19-10-5-9-15-26(38)34-22-25(23-13-7-4-8-14-23)42-32(41)27-24-16-17-33(43-24)28(27)30(39)36(29(33)31(35)40)20-11-6-12-21-37/h4-5,7-8,10,13-14,16-17,24-25,27-29,37H,2-3,6,9,11-12,15,18-22H2,1H3,(H,34,38)/b10-5-/t24-,25-,27+,28+,29-,33+/m0/s1. The Kier molecular flexibility index (Phi) is 9.97. The van der Waals surface area contributed by atoms with Gasteiger partial charge in [-0.1, -0.05) is 68.0 Å². The molecule has 43 heavy (non-hydrogen) atoms. The van der Waals surface area contributed by atoms with Crippen molar-refractivity contribution in [1.82, 2.24) is 15.1 Å². The van der Waals surface area contributed by atoms with Crippen LogP contribution in [0, 0.1) is 11.8 Å². The fraction of sp³-hybridized carbons (Fsp3) is 0.576. The average molecular weight is 594 g/mol. The molecule has 4 aliphatic heterocycles. The second-order valence-corrected chi connectivity index (χ2v) is 11.8. The van der Waals surface area contributed by atoms with Crippen LogP contribution in [0.5, 0.6) is 0 Å². The predicted octanol–water partition coefficient (Wildman–Crippen LogP) is 2.68. The first-order chi connectivity index (χ1) is 20.9. The molecule has 0 saturated carbocycles. The van der Waals surface area contributed by atoms with Crippen molar-refractivity contribution in [3.05, 3.63) is 60.2 Å². The molecule has 5 bridgehead atoms. The van der Waals surface area contributed by atoms with Gasteiger partial charge in [0.15, 0.2) is 0 Å². The third kappa shape index (κ3) is 6.26. The monoisotopic (exact) mass is 593 g/mol. The molecule has 2 fully saturated rings. The molecular weight excluding hydrogens is 550 g/mol. The van der Waals surface area contributed by atoms with E-state index in [1.165, 1.54) is 0 Å². The number of likely N-dealkylation sites (tertiary alicyclic amines) is 1. The summed E-state index contributed by atoms with van der Waals surface area (Å²) in [5.74, 6) is -3.06. The van der Waals surface area contributed by atoms with E-state index in [2.05, 4.69) is 12.2 Å². The zero-order valence-corrected chi connectivity index (χ0v) is 24.9. The maximum absolute atomic E-state index is 14.4. The minimum absolute atomic E-state index is 0.0600. The molecule has 4 heterocycles. The lowest BCUT2D eigenvalue weighted by molar-refractivity contribution is -0.159. The molecule has 1 aromatic rings. The number of nitrogens with one attached hydrogen (secondary N) is 1. The lowest BCUT2D eigenvalue weighted by atomic mass is 9.74. The largest absolute Gasteiger partial charge is 0.455 e. The number of hydrogen-bond acceptors (Lipinski definition) is 7. The topological polar surface area (TPSA) is 125 Å². The Balaban J connectivity index is 1.52. The van der Waals surface area contributed by atoms with Crippen LogP contribution >= 0.6 is 0 Å². The van der Waals surface area contributed by atoms with Crippen molar-refractivity contribution in [1.29, 1.82) is 0 Å². The van der Waals surface area contributed by atoms with Crippen LogP contribution in [-0.2, 0) is 28.7 Å². The molecule has 5 rings (SSSR count). The van der Waals surface area contributed by atoms with Crippen molar-refractivity contribution in [2.45, 2.75) is 75.7 Å². The lowest BCUT2D eigenvalue weighted by Gasteiger charge is -2.36. The first kappa shape index (κ1) is 30.9. The second kappa shape index (κ2) is 13.9. The number of amides is 3. The minimum atomic E-state index is -1.27. The van der Waals surface area contributed by atoms with Crippen molar-refractivity contribution < 1.29 is 33.8 Å². The Hall–Kier alpha value is -3.50. The van der Waals surface area contributed by atoms with Gasteiger partial charge in [-0.25, -0.2) is 0 Å². The molecule has 1 spiro atoms. The molecular formula is C33H43N3O7. The molecule has 0 radical (unpaired) electrons. The van der Waals surface area contributed by atoms with Gasteiger partial charge in [0.1, 0.15) is 23.7 Å². The molecule has 3 amide bonds. The number of rotatable bonds is 9. The van der Waals surface area contributed by atoms with E-state index in [-0.39, 0.29) is 37.3 Å². The van der Waals surface area contributed by atoms with Gasteiger partial charge in [0, 0.05) is 32.7 Å². The van der Waals surface area contributed by atoms with Gasteiger partial charge in [0.05, 0.1) is 18.6 Å². The highest BCUT2D eigenvalue weighted by Gasteiger charge is 2.73. The van der Waals surface area contributed by atoms with Gasteiger partial charge in [-0.3, -0.25) is 19.2 Å². The Labute approximate surface area is 253 Å². The van der Waals surface area contributed by atoms with E-state index < -0.39 is 41.7 Å². The van der Waals surface area contributed by atoms with Gasteiger partial charge in [0.25, 0.3) is 0 Å². The number of benzene rings is 1.